The van der Waals surface area contributed by atoms with E-state index in [1.807, 2.05) is 0 Å². The fourth-order valence-electron chi connectivity index (χ4n) is 1.53. The molecule has 1 amide bonds. The molecule has 1 aromatic heterocycles. The number of thiazole rings is 1. The van der Waals surface area contributed by atoms with Crippen molar-refractivity contribution in [3.63, 3.8) is 0 Å². The van der Waals surface area contributed by atoms with Crippen molar-refractivity contribution in [3.8, 4) is 0 Å². The van der Waals surface area contributed by atoms with E-state index in [1.54, 1.807) is 0 Å². The molecule has 0 radical (unpaired) electrons. The Bertz CT molecular complexity index is 730. The van der Waals surface area contributed by atoms with Gasteiger partial charge in [-0.25, -0.2) is 9.78 Å². The summed E-state index contributed by atoms with van der Waals surface area (Å²) in [5.74, 6) is -24.9. The van der Waals surface area contributed by atoms with Gasteiger partial charge in [0, 0.05) is 0 Å². The van der Waals surface area contributed by atoms with Gasteiger partial charge < -0.3 is 4.74 Å². The molecule has 0 spiro atoms. The van der Waals surface area contributed by atoms with Crippen LogP contribution in [-0.4, -0.2) is 47.4 Å². The summed E-state index contributed by atoms with van der Waals surface area (Å²) in [6.07, 6.45) is -7.05. The fourth-order valence-corrected chi connectivity index (χ4v) is 2.38. The van der Waals surface area contributed by atoms with Crippen molar-refractivity contribution >= 4 is 28.3 Å². The van der Waals surface area contributed by atoms with Gasteiger partial charge in [0.1, 0.15) is 4.88 Å². The van der Waals surface area contributed by atoms with Crippen LogP contribution < -0.4 is 5.32 Å². The molecule has 1 aromatic rings. The number of alkyl halides is 9. The zero-order valence-corrected chi connectivity index (χ0v) is 14.0. The molecule has 0 saturated heterocycles. The molecule has 0 aliphatic rings. The molecule has 1 heterocycles. The summed E-state index contributed by atoms with van der Waals surface area (Å²) in [5, 5.41) is 0.0893. The van der Waals surface area contributed by atoms with Gasteiger partial charge in [0.25, 0.3) is 0 Å². The molecule has 0 aromatic carbocycles. The molecule has 0 fully saturated rings. The summed E-state index contributed by atoms with van der Waals surface area (Å²) in [6, 6.07) is 0. The minimum Gasteiger partial charge on any atom is -0.462 e. The van der Waals surface area contributed by atoms with Crippen LogP contribution >= 0.6 is 11.3 Å². The van der Waals surface area contributed by atoms with Crippen LogP contribution in [0.4, 0.5) is 44.6 Å². The third-order valence-corrected chi connectivity index (χ3v) is 3.96. The van der Waals surface area contributed by atoms with Crippen LogP contribution in [0.15, 0.2) is 0 Å². The van der Waals surface area contributed by atoms with E-state index in [4.69, 9.17) is 0 Å². The lowest BCUT2D eigenvalue weighted by molar-refractivity contribution is -0.388. The Morgan fingerprint density at radius 2 is 1.56 bits per heavy atom. The molecule has 0 unspecified atom stereocenters. The Hall–Kier alpha value is -2.06. The first kappa shape index (κ1) is 23.0. The summed E-state index contributed by atoms with van der Waals surface area (Å²) in [6.45, 7) is 2.46. The van der Waals surface area contributed by atoms with Gasteiger partial charge in [-0.15, -0.1) is 0 Å². The number of halogens is 9. The van der Waals surface area contributed by atoms with E-state index in [-0.39, 0.29) is 28.5 Å². The number of rotatable bonds is 6. The lowest BCUT2D eigenvalue weighted by atomic mass is 10.0. The first-order valence-electron chi connectivity index (χ1n) is 6.66. The van der Waals surface area contributed by atoms with Gasteiger partial charge in [-0.3, -0.25) is 10.1 Å². The number of carbonyl (C=O) groups is 2. The number of anilines is 1. The highest BCUT2D eigenvalue weighted by molar-refractivity contribution is 7.17. The van der Waals surface area contributed by atoms with Gasteiger partial charge in [0.2, 0.25) is 0 Å². The molecule has 0 aliphatic heterocycles. The monoisotopic (exact) mass is 432 g/mol. The topological polar surface area (TPSA) is 68.3 Å². The maximum atomic E-state index is 13.4. The van der Waals surface area contributed by atoms with Crippen LogP contribution in [0.5, 0.6) is 0 Å². The SMILES string of the molecule is CCOC(=O)c1sc(NC(=O)C(F)(F)C(F)(F)C(F)(F)C(F)(F)F)nc1C. The number of hydrogen-bond acceptors (Lipinski definition) is 5. The maximum absolute atomic E-state index is 13.4. The number of aryl methyl sites for hydroxylation is 1. The molecule has 0 aliphatic carbocycles. The summed E-state index contributed by atoms with van der Waals surface area (Å²) in [4.78, 5) is 25.8. The molecular formula is C12H9F9N2O3S. The van der Waals surface area contributed by atoms with Crippen LogP contribution in [-0.2, 0) is 9.53 Å². The highest BCUT2D eigenvalue weighted by Crippen LogP contribution is 2.53. The van der Waals surface area contributed by atoms with Crippen LogP contribution in [0.3, 0.4) is 0 Å². The van der Waals surface area contributed by atoms with Crippen LogP contribution in [0.2, 0.25) is 0 Å². The Balaban J connectivity index is 3.15. The van der Waals surface area contributed by atoms with Crippen LogP contribution in [0.25, 0.3) is 0 Å². The summed E-state index contributed by atoms with van der Waals surface area (Å²) in [7, 11) is 0. The molecule has 0 saturated carbocycles. The average molecular weight is 432 g/mol. The molecule has 1 N–H and O–H groups in total. The quantitative estimate of drug-likeness (QED) is 0.545. The molecular weight excluding hydrogens is 423 g/mol. The summed E-state index contributed by atoms with van der Waals surface area (Å²) >= 11 is 0.170. The van der Waals surface area contributed by atoms with Crippen LogP contribution in [0.1, 0.15) is 22.3 Å². The number of nitrogens with zero attached hydrogens (tertiary/aromatic N) is 1. The molecule has 5 nitrogen and oxygen atoms in total. The second-order valence-corrected chi connectivity index (χ2v) is 5.83. The van der Waals surface area contributed by atoms with Crippen molar-refractivity contribution in [2.75, 3.05) is 11.9 Å². The number of nitrogens with one attached hydrogen (secondary N) is 1. The van der Waals surface area contributed by atoms with E-state index in [2.05, 4.69) is 9.72 Å². The van der Waals surface area contributed by atoms with Gasteiger partial charge in [0.05, 0.1) is 12.3 Å². The lowest BCUT2D eigenvalue weighted by Crippen LogP contribution is -2.64. The van der Waals surface area contributed by atoms with Crippen molar-refractivity contribution in [2.45, 2.75) is 37.8 Å². The Morgan fingerprint density at radius 3 is 2.00 bits per heavy atom. The zero-order chi connectivity index (χ0) is 21.4. The average Bonchev–Trinajstić information content (AvgIpc) is 2.86. The molecule has 15 heteroatoms. The van der Waals surface area contributed by atoms with E-state index >= 15 is 0 Å². The molecule has 0 bridgehead atoms. The lowest BCUT2D eigenvalue weighted by Gasteiger charge is -2.32. The smallest absolute Gasteiger partial charge is 0.460 e. The predicted octanol–water partition coefficient (Wildman–Crippen LogP) is 4.03. The van der Waals surface area contributed by atoms with E-state index in [9.17, 15) is 49.1 Å². The number of hydrogen-bond donors (Lipinski definition) is 1. The molecule has 27 heavy (non-hydrogen) atoms. The number of amides is 1. The van der Waals surface area contributed by atoms with Crippen LogP contribution in [0, 0.1) is 6.92 Å². The first-order valence-corrected chi connectivity index (χ1v) is 7.48. The first-order chi connectivity index (χ1) is 12.0. The zero-order valence-electron chi connectivity index (χ0n) is 13.2. The number of aromatic nitrogens is 1. The normalized spacial score (nSPS) is 13.4. The Labute approximate surface area is 148 Å². The Kier molecular flexibility index (Phi) is 6.10. The molecule has 154 valence electrons. The van der Waals surface area contributed by atoms with Crippen molar-refractivity contribution in [1.82, 2.24) is 4.98 Å². The molecule has 0 atom stereocenters. The van der Waals surface area contributed by atoms with Crippen molar-refractivity contribution in [1.29, 1.82) is 0 Å². The second kappa shape index (κ2) is 7.16. The largest absolute Gasteiger partial charge is 0.462 e. The second-order valence-electron chi connectivity index (χ2n) is 4.83. The van der Waals surface area contributed by atoms with Gasteiger partial charge in [-0.1, -0.05) is 11.3 Å². The standard InChI is InChI=1S/C12H9F9N2O3S/c1-3-26-6(24)5-4(2)22-8(27-5)23-7(25)9(13,14)10(15,16)11(17,18)12(19,20)21/h3H2,1-2H3,(H,22,23,25). The number of ether oxygens (including phenoxy) is 1. The van der Waals surface area contributed by atoms with Gasteiger partial charge in [-0.05, 0) is 13.8 Å². The number of esters is 1. The van der Waals surface area contributed by atoms with E-state index in [1.165, 1.54) is 6.92 Å². The summed E-state index contributed by atoms with van der Waals surface area (Å²) in [5.41, 5.74) is -0.190. The van der Waals surface area contributed by atoms with E-state index < -0.39 is 41.0 Å². The third-order valence-electron chi connectivity index (χ3n) is 2.91. The highest BCUT2D eigenvalue weighted by Gasteiger charge is 2.83. The maximum Gasteiger partial charge on any atom is 0.460 e. The van der Waals surface area contributed by atoms with Gasteiger partial charge in [0.15, 0.2) is 5.13 Å². The fraction of sp³-hybridized carbons (Fsp3) is 0.583. The van der Waals surface area contributed by atoms with E-state index in [0.717, 1.165) is 12.2 Å². The third kappa shape index (κ3) is 3.96. The van der Waals surface area contributed by atoms with Crippen molar-refractivity contribution in [3.05, 3.63) is 10.6 Å². The van der Waals surface area contributed by atoms with Crippen molar-refractivity contribution < 1.29 is 53.8 Å². The minimum atomic E-state index is -7.20. The predicted molar refractivity (Wildman–Crippen MR) is 72.3 cm³/mol. The van der Waals surface area contributed by atoms with Crippen molar-refractivity contribution in [2.24, 2.45) is 0 Å². The Morgan fingerprint density at radius 1 is 1.04 bits per heavy atom. The summed E-state index contributed by atoms with van der Waals surface area (Å²) < 4.78 is 119. The van der Waals surface area contributed by atoms with Gasteiger partial charge in [-0.2, -0.15) is 39.5 Å². The highest BCUT2D eigenvalue weighted by atomic mass is 32.1. The molecule has 1 rings (SSSR count). The minimum absolute atomic E-state index is 0.102. The van der Waals surface area contributed by atoms with E-state index in [0.29, 0.717) is 0 Å². The number of carbonyl (C=O) groups excluding carboxylic acids is 2. The van der Waals surface area contributed by atoms with Gasteiger partial charge >= 0.3 is 35.8 Å².